The Morgan fingerprint density at radius 1 is 1.29 bits per heavy atom. The fourth-order valence-corrected chi connectivity index (χ4v) is 3.00. The molecule has 0 aliphatic heterocycles. The maximum atomic E-state index is 15.1. The number of hydrogen-bond acceptors (Lipinski definition) is 5. The van der Waals surface area contributed by atoms with E-state index in [0.29, 0.717) is 12.0 Å². The van der Waals surface area contributed by atoms with Crippen LogP contribution < -0.4 is 4.74 Å². The second-order valence-corrected chi connectivity index (χ2v) is 6.55. The van der Waals surface area contributed by atoms with Crippen LogP contribution in [0.5, 0.6) is 11.5 Å². The van der Waals surface area contributed by atoms with Crippen molar-refractivity contribution in [1.82, 2.24) is 0 Å². The first kappa shape index (κ1) is 21.5. The summed E-state index contributed by atoms with van der Waals surface area (Å²) in [7, 11) is 0. The van der Waals surface area contributed by atoms with Crippen LogP contribution in [0.1, 0.15) is 44.2 Å². The van der Waals surface area contributed by atoms with Gasteiger partial charge in [0.2, 0.25) is 0 Å². The largest absolute Gasteiger partial charge is 0.513 e. The number of phenolic OH excluding ortho intramolecular Hbond substituents is 1. The Kier molecular flexibility index (Phi) is 7.65. The third-order valence-corrected chi connectivity index (χ3v) is 4.39. The maximum absolute atomic E-state index is 15.1. The standard InChI is InChI=1S/C21H21ClFNO4/c1-3-5-6-7-13-10-14(12-24)18(19(23)20(13)25)16-11-15(22)8-9-17(16)28-21(26)27-4-2/h8-11,25H,3-7H2,1-2H3. The number of aromatic hydroxyl groups is 1. The van der Waals surface area contributed by atoms with Crippen molar-refractivity contribution in [1.29, 1.82) is 5.26 Å². The number of carbonyl (C=O) groups excluding carboxylic acids is 1. The summed E-state index contributed by atoms with van der Waals surface area (Å²) in [5.41, 5.74) is 0.268. The minimum Gasteiger partial charge on any atom is -0.505 e. The fourth-order valence-electron chi connectivity index (χ4n) is 2.82. The molecule has 0 unspecified atom stereocenters. The number of unbranched alkanes of at least 4 members (excludes halogenated alkanes) is 2. The molecule has 2 rings (SSSR count). The minimum absolute atomic E-state index is 0.0118. The quantitative estimate of drug-likeness (QED) is 0.347. The molecule has 148 valence electrons. The van der Waals surface area contributed by atoms with Gasteiger partial charge in [-0.05, 0) is 49.6 Å². The number of nitriles is 1. The topological polar surface area (TPSA) is 79.5 Å². The molecule has 0 radical (unpaired) electrons. The molecule has 2 aromatic rings. The first-order valence-corrected chi connectivity index (χ1v) is 9.39. The van der Waals surface area contributed by atoms with Crippen molar-refractivity contribution < 1.29 is 23.8 Å². The molecule has 0 saturated heterocycles. The summed E-state index contributed by atoms with van der Waals surface area (Å²) in [5, 5.41) is 20.1. The number of benzene rings is 2. The lowest BCUT2D eigenvalue weighted by Gasteiger charge is -2.15. The minimum atomic E-state index is -0.967. The number of aryl methyl sites for hydroxylation is 1. The predicted octanol–water partition coefficient (Wildman–Crippen LogP) is 5.99. The van der Waals surface area contributed by atoms with E-state index in [4.69, 9.17) is 21.1 Å². The van der Waals surface area contributed by atoms with E-state index < -0.39 is 17.7 Å². The number of hydrogen-bond donors (Lipinski definition) is 1. The van der Waals surface area contributed by atoms with Crippen LogP contribution >= 0.6 is 11.6 Å². The van der Waals surface area contributed by atoms with Crippen molar-refractivity contribution in [3.05, 3.63) is 46.2 Å². The Hall–Kier alpha value is -2.78. The number of rotatable bonds is 7. The average molecular weight is 406 g/mol. The van der Waals surface area contributed by atoms with Gasteiger partial charge in [0, 0.05) is 16.1 Å². The second kappa shape index (κ2) is 9.95. The van der Waals surface area contributed by atoms with Gasteiger partial charge in [-0.1, -0.05) is 31.4 Å². The molecule has 0 bridgehead atoms. The molecular formula is C21H21ClFNO4. The molecule has 7 heteroatoms. The molecule has 0 aliphatic carbocycles. The van der Waals surface area contributed by atoms with E-state index in [1.807, 2.05) is 13.0 Å². The van der Waals surface area contributed by atoms with Crippen molar-refractivity contribution in [2.75, 3.05) is 6.61 Å². The van der Waals surface area contributed by atoms with Crippen LogP contribution in [0.15, 0.2) is 24.3 Å². The van der Waals surface area contributed by atoms with Gasteiger partial charge in [-0.2, -0.15) is 5.26 Å². The van der Waals surface area contributed by atoms with E-state index in [0.717, 1.165) is 19.3 Å². The lowest BCUT2D eigenvalue weighted by Crippen LogP contribution is -2.11. The molecule has 0 aromatic heterocycles. The normalized spacial score (nSPS) is 10.4. The van der Waals surface area contributed by atoms with Gasteiger partial charge in [0.05, 0.1) is 18.2 Å². The van der Waals surface area contributed by atoms with Crippen molar-refractivity contribution in [2.24, 2.45) is 0 Å². The van der Waals surface area contributed by atoms with E-state index >= 15 is 4.39 Å². The van der Waals surface area contributed by atoms with Crippen molar-refractivity contribution in [3.63, 3.8) is 0 Å². The van der Waals surface area contributed by atoms with Gasteiger partial charge in [-0.25, -0.2) is 9.18 Å². The Labute approximate surface area is 168 Å². The molecule has 0 amide bonds. The fraction of sp³-hybridized carbons (Fsp3) is 0.333. The lowest BCUT2D eigenvalue weighted by atomic mass is 9.94. The highest BCUT2D eigenvalue weighted by atomic mass is 35.5. The van der Waals surface area contributed by atoms with Crippen molar-refractivity contribution in [3.8, 4) is 28.7 Å². The predicted molar refractivity (Wildman–Crippen MR) is 104 cm³/mol. The third kappa shape index (κ3) is 4.93. The van der Waals surface area contributed by atoms with Crippen LogP contribution in [0.3, 0.4) is 0 Å². The molecule has 0 atom stereocenters. The monoisotopic (exact) mass is 405 g/mol. The van der Waals surface area contributed by atoms with E-state index in [-0.39, 0.29) is 34.1 Å². The van der Waals surface area contributed by atoms with Gasteiger partial charge in [0.25, 0.3) is 0 Å². The number of halogens is 2. The SMILES string of the molecule is CCCCCc1cc(C#N)c(-c2cc(Cl)ccc2OC(=O)OCC)c(F)c1O. The van der Waals surface area contributed by atoms with Gasteiger partial charge in [-0.3, -0.25) is 0 Å². The Bertz CT molecular complexity index is 908. The molecule has 0 fully saturated rings. The summed E-state index contributed by atoms with van der Waals surface area (Å²) < 4.78 is 25.0. The summed E-state index contributed by atoms with van der Waals surface area (Å²) in [4.78, 5) is 11.7. The van der Waals surface area contributed by atoms with E-state index in [1.165, 1.54) is 24.3 Å². The molecular weight excluding hydrogens is 385 g/mol. The highest BCUT2D eigenvalue weighted by Gasteiger charge is 2.23. The third-order valence-electron chi connectivity index (χ3n) is 4.16. The van der Waals surface area contributed by atoms with Crippen molar-refractivity contribution >= 4 is 17.8 Å². The maximum Gasteiger partial charge on any atom is 0.513 e. The molecule has 0 spiro atoms. The van der Waals surface area contributed by atoms with Gasteiger partial charge in [0.1, 0.15) is 5.75 Å². The first-order chi connectivity index (χ1) is 13.4. The number of nitrogens with zero attached hydrogens (tertiary/aromatic N) is 1. The Balaban J connectivity index is 2.58. The zero-order valence-electron chi connectivity index (χ0n) is 15.7. The summed E-state index contributed by atoms with van der Waals surface area (Å²) in [5.74, 6) is -1.51. The van der Waals surface area contributed by atoms with Crippen LogP contribution in [-0.4, -0.2) is 17.9 Å². The number of ether oxygens (including phenoxy) is 2. The van der Waals surface area contributed by atoms with Crippen LogP contribution in [0.25, 0.3) is 11.1 Å². The van der Waals surface area contributed by atoms with Gasteiger partial charge in [-0.15, -0.1) is 0 Å². The van der Waals surface area contributed by atoms with Crippen LogP contribution in [0, 0.1) is 17.1 Å². The number of carbonyl (C=O) groups is 1. The van der Waals surface area contributed by atoms with Gasteiger partial charge in [0.15, 0.2) is 11.6 Å². The molecule has 5 nitrogen and oxygen atoms in total. The van der Waals surface area contributed by atoms with E-state index in [9.17, 15) is 15.2 Å². The number of phenols is 1. The molecule has 0 aliphatic rings. The molecule has 2 aromatic carbocycles. The van der Waals surface area contributed by atoms with Crippen molar-refractivity contribution in [2.45, 2.75) is 39.5 Å². The summed E-state index contributed by atoms with van der Waals surface area (Å²) in [6.45, 7) is 3.76. The molecule has 0 heterocycles. The van der Waals surface area contributed by atoms with E-state index in [1.54, 1.807) is 6.92 Å². The zero-order valence-corrected chi connectivity index (χ0v) is 16.5. The van der Waals surface area contributed by atoms with Gasteiger partial charge >= 0.3 is 6.16 Å². The van der Waals surface area contributed by atoms with Crippen LogP contribution in [0.4, 0.5) is 9.18 Å². The highest BCUT2D eigenvalue weighted by Crippen LogP contribution is 2.40. The average Bonchev–Trinajstić information content (AvgIpc) is 2.67. The van der Waals surface area contributed by atoms with E-state index in [2.05, 4.69) is 0 Å². The van der Waals surface area contributed by atoms with Crippen LogP contribution in [0.2, 0.25) is 5.02 Å². The first-order valence-electron chi connectivity index (χ1n) is 9.01. The smallest absolute Gasteiger partial charge is 0.505 e. The van der Waals surface area contributed by atoms with Crippen LogP contribution in [-0.2, 0) is 11.2 Å². The molecule has 28 heavy (non-hydrogen) atoms. The zero-order chi connectivity index (χ0) is 20.7. The molecule has 1 N–H and O–H groups in total. The summed E-state index contributed by atoms with van der Waals surface area (Å²) in [6, 6.07) is 7.61. The second-order valence-electron chi connectivity index (χ2n) is 6.12. The highest BCUT2D eigenvalue weighted by molar-refractivity contribution is 6.31. The van der Waals surface area contributed by atoms with Gasteiger partial charge < -0.3 is 14.6 Å². The summed E-state index contributed by atoms with van der Waals surface area (Å²) in [6.07, 6.45) is 2.15. The summed E-state index contributed by atoms with van der Waals surface area (Å²) >= 11 is 6.03. The molecule has 0 saturated carbocycles. The Morgan fingerprint density at radius 3 is 2.68 bits per heavy atom. The lowest BCUT2D eigenvalue weighted by molar-refractivity contribution is 0.104. The Morgan fingerprint density at radius 2 is 2.04 bits per heavy atom.